The Labute approximate surface area is 265 Å². The van der Waals surface area contributed by atoms with Crippen LogP contribution in [0.1, 0.15) is 89.1 Å². The van der Waals surface area contributed by atoms with Gasteiger partial charge in [0, 0.05) is 24.1 Å². The monoisotopic (exact) mass is 607 g/mol. The molecule has 1 fully saturated rings. The van der Waals surface area contributed by atoms with Crippen molar-refractivity contribution < 1.29 is 9.84 Å². The molecule has 2 aliphatic rings. The number of aliphatic hydroxyl groups excluding tert-OH is 1. The molecule has 0 amide bonds. The topological polar surface area (TPSA) is 66.4 Å². The van der Waals surface area contributed by atoms with Crippen LogP contribution in [-0.2, 0) is 11.2 Å². The Morgan fingerprint density at radius 1 is 1.02 bits per heavy atom. The number of fused-ring (bicyclic) bond motifs is 2. The molecule has 0 unspecified atom stereocenters. The van der Waals surface area contributed by atoms with E-state index in [-0.39, 0.29) is 12.1 Å². The zero-order valence-electron chi connectivity index (χ0n) is 27.3. The van der Waals surface area contributed by atoms with Crippen LogP contribution in [0.15, 0.2) is 60.4 Å². The predicted molar refractivity (Wildman–Crippen MR) is 187 cm³/mol. The maximum Gasteiger partial charge on any atom is 0.132 e. The second kappa shape index (κ2) is 20.3. The van der Waals surface area contributed by atoms with Crippen LogP contribution < -0.4 is 10.6 Å². The smallest absolute Gasteiger partial charge is 0.132 e. The number of benzene rings is 2. The van der Waals surface area contributed by atoms with E-state index < -0.39 is 0 Å². The number of nitrogens with one attached hydrogen (secondary N) is 2. The summed E-state index contributed by atoms with van der Waals surface area (Å²) in [4.78, 5) is 4.39. The number of pyridine rings is 1. The number of allylic oxidation sites excluding steroid dienone is 2. The van der Waals surface area contributed by atoms with Crippen molar-refractivity contribution in [1.82, 2.24) is 15.6 Å². The van der Waals surface area contributed by atoms with Gasteiger partial charge in [-0.15, -0.1) is 0 Å². The second-order valence-corrected chi connectivity index (χ2v) is 11.6. The zero-order valence-corrected chi connectivity index (χ0v) is 28.1. The summed E-state index contributed by atoms with van der Waals surface area (Å²) >= 11 is 6.04. The highest BCUT2D eigenvalue weighted by Gasteiger charge is 2.17. The Morgan fingerprint density at radius 2 is 1.74 bits per heavy atom. The number of hydrogen-bond donors (Lipinski definition) is 3. The predicted octanol–water partition coefficient (Wildman–Crippen LogP) is 8.76. The van der Waals surface area contributed by atoms with Gasteiger partial charge in [-0.05, 0) is 107 Å². The summed E-state index contributed by atoms with van der Waals surface area (Å²) in [5.74, 6) is 1.02. The van der Waals surface area contributed by atoms with Crippen LogP contribution in [0.3, 0.4) is 0 Å². The lowest BCUT2D eigenvalue weighted by Crippen LogP contribution is -2.42. The number of hydrogen-bond acceptors (Lipinski definition) is 5. The fraction of sp³-hybridized carbons (Fsp3) is 0.486. The van der Waals surface area contributed by atoms with Crippen LogP contribution in [0.4, 0.5) is 0 Å². The fourth-order valence-corrected chi connectivity index (χ4v) is 5.10. The molecule has 0 saturated carbocycles. The van der Waals surface area contributed by atoms with Gasteiger partial charge in [0.05, 0.1) is 24.7 Å². The minimum Gasteiger partial charge on any atom is -0.498 e. The number of aliphatic hydroxyl groups is 1. The first-order valence-corrected chi connectivity index (χ1v) is 16.4. The molecule has 1 aromatic heterocycles. The molecule has 0 bridgehead atoms. The van der Waals surface area contributed by atoms with E-state index in [0.29, 0.717) is 18.3 Å². The van der Waals surface area contributed by atoms with Crippen LogP contribution in [0, 0.1) is 6.92 Å². The van der Waals surface area contributed by atoms with Gasteiger partial charge in [0.25, 0.3) is 0 Å². The number of ether oxygens (including phenoxy) is 1. The second-order valence-electron chi connectivity index (χ2n) is 11.3. The van der Waals surface area contributed by atoms with E-state index in [1.165, 1.54) is 48.7 Å². The van der Waals surface area contributed by atoms with Gasteiger partial charge in [0.15, 0.2) is 0 Å². The van der Waals surface area contributed by atoms with Crippen molar-refractivity contribution in [3.05, 3.63) is 87.9 Å². The van der Waals surface area contributed by atoms with Crippen LogP contribution in [-0.4, -0.2) is 48.5 Å². The van der Waals surface area contributed by atoms with E-state index in [0.717, 1.165) is 41.8 Å². The number of halogens is 1. The Hall–Kier alpha value is -2.70. The fourth-order valence-electron chi connectivity index (χ4n) is 4.96. The van der Waals surface area contributed by atoms with Gasteiger partial charge < -0.3 is 20.5 Å². The average Bonchev–Trinajstić information content (AvgIpc) is 3.02. The first-order chi connectivity index (χ1) is 20.8. The van der Waals surface area contributed by atoms with E-state index in [1.54, 1.807) is 0 Å². The first-order valence-electron chi connectivity index (χ1n) is 16.0. The van der Waals surface area contributed by atoms with Gasteiger partial charge in [-0.1, -0.05) is 80.4 Å². The number of aromatic nitrogens is 1. The number of rotatable bonds is 7. The van der Waals surface area contributed by atoms with Crippen LogP contribution in [0.2, 0.25) is 5.15 Å². The molecule has 1 aliphatic heterocycles. The maximum absolute atomic E-state index is 8.87. The molecule has 1 saturated heterocycles. The van der Waals surface area contributed by atoms with Crippen molar-refractivity contribution in [3.63, 3.8) is 0 Å². The van der Waals surface area contributed by atoms with Gasteiger partial charge in [0.2, 0.25) is 0 Å². The average molecular weight is 608 g/mol. The molecule has 2 aromatic carbocycles. The van der Waals surface area contributed by atoms with E-state index in [4.69, 9.17) is 21.4 Å². The summed E-state index contributed by atoms with van der Waals surface area (Å²) < 4.78 is 5.61. The van der Waals surface area contributed by atoms with Crippen molar-refractivity contribution in [2.75, 3.05) is 32.8 Å². The summed E-state index contributed by atoms with van der Waals surface area (Å²) in [7, 11) is 0. The molecule has 5 rings (SSSR count). The van der Waals surface area contributed by atoms with Crippen molar-refractivity contribution in [2.45, 2.75) is 85.6 Å². The number of piperidine rings is 1. The molecular weight excluding hydrogens is 554 g/mol. The lowest BCUT2D eigenvalue weighted by molar-refractivity contribution is 0.222. The molecule has 0 spiro atoms. The quantitative estimate of drug-likeness (QED) is 0.234. The molecule has 43 heavy (non-hydrogen) atoms. The van der Waals surface area contributed by atoms with Crippen molar-refractivity contribution >= 4 is 34.5 Å². The molecule has 0 atom stereocenters. The lowest BCUT2D eigenvalue weighted by atomic mass is 9.93. The summed E-state index contributed by atoms with van der Waals surface area (Å²) in [6.45, 7) is 16.3. The molecule has 3 aromatic rings. The summed E-state index contributed by atoms with van der Waals surface area (Å²) in [6, 6.07) is 17.1. The third-order valence-corrected chi connectivity index (χ3v) is 7.46. The van der Waals surface area contributed by atoms with Gasteiger partial charge in [-0.2, -0.15) is 0 Å². The highest BCUT2D eigenvalue weighted by molar-refractivity contribution is 6.30. The third-order valence-electron chi connectivity index (χ3n) is 7.07. The summed E-state index contributed by atoms with van der Waals surface area (Å²) in [5.41, 5.74) is 4.31. The molecule has 6 heteroatoms. The molecular formula is C37H54ClN3O2. The number of β-amino-alcohol motifs (C(OH)–C–C–N with tert-alkyl or cyclic N) is 1. The third kappa shape index (κ3) is 13.6. The minimum atomic E-state index is 0.00515. The SMILES string of the molecule is C1CCNCC1.CC.CC(C)(Cc1ccc2ccccc2c1)NCCO.CCO/C1=C/c2cc(C)c(Cl)nc2/C=C\CC1. The molecule has 3 N–H and O–H groups in total. The lowest BCUT2D eigenvalue weighted by Gasteiger charge is -2.26. The minimum absolute atomic E-state index is 0.00515. The van der Waals surface area contributed by atoms with Crippen LogP contribution >= 0.6 is 11.6 Å². The summed E-state index contributed by atoms with van der Waals surface area (Å²) in [5, 5.41) is 18.6. The van der Waals surface area contributed by atoms with E-state index >= 15 is 0 Å². The van der Waals surface area contributed by atoms with Gasteiger partial charge >= 0.3 is 0 Å². The highest BCUT2D eigenvalue weighted by Crippen LogP contribution is 2.24. The van der Waals surface area contributed by atoms with Crippen LogP contribution in [0.5, 0.6) is 0 Å². The maximum atomic E-state index is 8.87. The Kier molecular flexibility index (Phi) is 17.2. The molecule has 0 radical (unpaired) electrons. The molecule has 236 valence electrons. The number of aryl methyl sites for hydroxylation is 1. The van der Waals surface area contributed by atoms with E-state index in [2.05, 4.69) is 90.1 Å². The standard InChI is InChI=1S/C16H21NO.C14H16ClNO.C5H11N.C2H6/c1-16(2,17-9-10-18)12-13-7-8-14-5-3-4-6-15(14)11-13;1-3-17-12-6-4-5-7-13-11(9-12)8-10(2)14(15)16-13;1-2-4-6-5-3-1;1-2/h3-8,11,17-18H,9-10,12H2,1-2H3;5,7-9H,3-4,6H2,1-2H3;6H,1-5H2;1-2H3/b;7-5-,12-9+;;. The molecule has 2 heterocycles. The van der Waals surface area contributed by atoms with E-state index in [9.17, 15) is 0 Å². The Bertz CT molecular complexity index is 1270. The van der Waals surface area contributed by atoms with Gasteiger partial charge in [-0.3, -0.25) is 0 Å². The summed E-state index contributed by atoms with van der Waals surface area (Å²) in [6.07, 6.45) is 13.3. The molecule has 5 nitrogen and oxygen atoms in total. The van der Waals surface area contributed by atoms with Gasteiger partial charge in [-0.25, -0.2) is 4.98 Å². The number of nitrogens with zero attached hydrogens (tertiary/aromatic N) is 1. The van der Waals surface area contributed by atoms with Crippen molar-refractivity contribution in [3.8, 4) is 0 Å². The normalized spacial score (nSPS) is 16.2. The Morgan fingerprint density at radius 3 is 2.37 bits per heavy atom. The van der Waals surface area contributed by atoms with Crippen LogP contribution in [0.25, 0.3) is 22.9 Å². The first kappa shape index (κ1) is 36.5. The van der Waals surface area contributed by atoms with Gasteiger partial charge in [0.1, 0.15) is 5.15 Å². The van der Waals surface area contributed by atoms with Crippen molar-refractivity contribution in [1.29, 1.82) is 0 Å². The zero-order chi connectivity index (χ0) is 31.5. The van der Waals surface area contributed by atoms with Crippen molar-refractivity contribution in [2.24, 2.45) is 0 Å². The largest absolute Gasteiger partial charge is 0.498 e. The molecule has 1 aliphatic carbocycles. The highest BCUT2D eigenvalue weighted by atomic mass is 35.5. The van der Waals surface area contributed by atoms with E-state index in [1.807, 2.05) is 33.8 Å². The Balaban J connectivity index is 0.000000240.